The molecule has 0 saturated carbocycles. The van der Waals surface area contributed by atoms with Crippen LogP contribution in [0.1, 0.15) is 11.1 Å². The molecular formula is C22H18FN2O2+. The van der Waals surface area contributed by atoms with Gasteiger partial charge in [-0.15, -0.1) is 0 Å². The van der Waals surface area contributed by atoms with Gasteiger partial charge in [-0.2, -0.15) is 0 Å². The SMILES string of the molecule is Cc1ccc(-c2cc(=O)[nH]c3c(-c4ccccc4C)[n+](O)ccc23)c(F)c1. The maximum absolute atomic E-state index is 14.6. The zero-order valence-corrected chi connectivity index (χ0v) is 15.0. The third-order valence-electron chi connectivity index (χ3n) is 4.75. The van der Waals surface area contributed by atoms with E-state index in [4.69, 9.17) is 0 Å². The van der Waals surface area contributed by atoms with Gasteiger partial charge in [0, 0.05) is 27.8 Å². The molecule has 27 heavy (non-hydrogen) atoms. The topological polar surface area (TPSA) is 57.0 Å². The number of rotatable bonds is 2. The molecule has 0 aliphatic rings. The van der Waals surface area contributed by atoms with Crippen LogP contribution in [0, 0.1) is 19.7 Å². The minimum Gasteiger partial charge on any atom is -0.316 e. The van der Waals surface area contributed by atoms with E-state index < -0.39 is 0 Å². The molecule has 0 aliphatic heterocycles. The Balaban J connectivity index is 2.12. The second-order valence-corrected chi connectivity index (χ2v) is 6.64. The molecule has 5 heteroatoms. The monoisotopic (exact) mass is 361 g/mol. The van der Waals surface area contributed by atoms with Gasteiger partial charge < -0.3 is 4.98 Å². The largest absolute Gasteiger partial charge is 0.316 e. The second-order valence-electron chi connectivity index (χ2n) is 6.64. The Hall–Kier alpha value is -3.47. The van der Waals surface area contributed by atoms with E-state index in [9.17, 15) is 14.4 Å². The lowest BCUT2D eigenvalue weighted by atomic mass is 9.97. The van der Waals surface area contributed by atoms with E-state index in [1.165, 1.54) is 18.3 Å². The van der Waals surface area contributed by atoms with Crippen molar-refractivity contribution in [1.29, 1.82) is 0 Å². The number of aromatic nitrogens is 2. The van der Waals surface area contributed by atoms with Crippen LogP contribution in [0.15, 0.2) is 65.6 Å². The fourth-order valence-electron chi connectivity index (χ4n) is 3.42. The minimum absolute atomic E-state index is 0.350. The van der Waals surface area contributed by atoms with Crippen LogP contribution in [0.2, 0.25) is 0 Å². The lowest BCUT2D eigenvalue weighted by Gasteiger charge is -2.10. The molecule has 0 fully saturated rings. The fourth-order valence-corrected chi connectivity index (χ4v) is 3.42. The first-order valence-electron chi connectivity index (χ1n) is 8.59. The molecule has 0 atom stereocenters. The van der Waals surface area contributed by atoms with Crippen molar-refractivity contribution >= 4 is 10.9 Å². The van der Waals surface area contributed by atoms with Gasteiger partial charge in [-0.1, -0.05) is 30.3 Å². The number of benzene rings is 2. The Labute approximate surface area is 155 Å². The number of halogens is 1. The van der Waals surface area contributed by atoms with E-state index in [1.54, 1.807) is 12.1 Å². The van der Waals surface area contributed by atoms with E-state index in [-0.39, 0.29) is 11.4 Å². The molecule has 0 bridgehead atoms. The van der Waals surface area contributed by atoms with Gasteiger partial charge in [0.05, 0.1) is 5.56 Å². The molecule has 2 heterocycles. The zero-order valence-electron chi connectivity index (χ0n) is 15.0. The zero-order chi connectivity index (χ0) is 19.1. The summed E-state index contributed by atoms with van der Waals surface area (Å²) in [5, 5.41) is 11.1. The van der Waals surface area contributed by atoms with Crippen molar-refractivity contribution in [3.8, 4) is 22.4 Å². The van der Waals surface area contributed by atoms with Crippen LogP contribution >= 0.6 is 0 Å². The Kier molecular flexibility index (Phi) is 4.00. The number of nitrogens with one attached hydrogen (secondary N) is 1. The molecular weight excluding hydrogens is 343 g/mol. The molecule has 0 aliphatic carbocycles. The van der Waals surface area contributed by atoms with Crippen LogP contribution in [-0.2, 0) is 0 Å². The van der Waals surface area contributed by atoms with Crippen molar-refractivity contribution in [2.45, 2.75) is 13.8 Å². The summed E-state index contributed by atoms with van der Waals surface area (Å²) in [6.45, 7) is 3.74. The number of H-pyrrole nitrogens is 1. The van der Waals surface area contributed by atoms with Crippen LogP contribution in [0.25, 0.3) is 33.3 Å². The van der Waals surface area contributed by atoms with Crippen molar-refractivity contribution in [2.75, 3.05) is 0 Å². The molecule has 0 amide bonds. The fraction of sp³-hybridized carbons (Fsp3) is 0.0909. The summed E-state index contributed by atoms with van der Waals surface area (Å²) in [7, 11) is 0. The van der Waals surface area contributed by atoms with Gasteiger partial charge in [0.2, 0.25) is 11.8 Å². The van der Waals surface area contributed by atoms with Gasteiger partial charge in [0.25, 0.3) is 5.69 Å². The molecule has 0 unspecified atom stereocenters. The Morgan fingerprint density at radius 2 is 1.74 bits per heavy atom. The van der Waals surface area contributed by atoms with Crippen molar-refractivity contribution in [2.24, 2.45) is 0 Å². The second kappa shape index (κ2) is 6.36. The number of hydrogen-bond donors (Lipinski definition) is 2. The minimum atomic E-state index is -0.389. The highest BCUT2D eigenvalue weighted by molar-refractivity contribution is 5.99. The number of pyridine rings is 2. The highest BCUT2D eigenvalue weighted by Gasteiger charge is 2.23. The first-order valence-corrected chi connectivity index (χ1v) is 8.59. The molecule has 0 radical (unpaired) electrons. The Bertz CT molecular complexity index is 1240. The van der Waals surface area contributed by atoms with Crippen LogP contribution in [0.5, 0.6) is 0 Å². The van der Waals surface area contributed by atoms with Crippen molar-refractivity contribution in [3.63, 3.8) is 0 Å². The van der Waals surface area contributed by atoms with Gasteiger partial charge in [-0.05, 0) is 42.7 Å². The van der Waals surface area contributed by atoms with Gasteiger partial charge in [0.1, 0.15) is 11.3 Å². The normalized spacial score (nSPS) is 11.1. The standard InChI is InChI=1S/C22H17FN2O2/c1-13-7-8-16(19(23)11-13)18-12-20(26)24-21-17(18)9-10-25(27)22(21)15-6-4-3-5-14(15)2/h3-12H,1-2H3,(H-,24,26,27)/p+1. The van der Waals surface area contributed by atoms with Crippen LogP contribution in [0.4, 0.5) is 4.39 Å². The third-order valence-corrected chi connectivity index (χ3v) is 4.75. The van der Waals surface area contributed by atoms with Gasteiger partial charge in [-0.25, -0.2) is 4.39 Å². The third kappa shape index (κ3) is 2.87. The highest BCUT2D eigenvalue weighted by atomic mass is 19.1. The molecule has 4 nitrogen and oxygen atoms in total. The van der Waals surface area contributed by atoms with Gasteiger partial charge in [0.15, 0.2) is 0 Å². The molecule has 2 aromatic carbocycles. The first-order chi connectivity index (χ1) is 13.0. The molecule has 134 valence electrons. The predicted molar refractivity (Wildman–Crippen MR) is 102 cm³/mol. The summed E-state index contributed by atoms with van der Waals surface area (Å²) in [5.41, 5.74) is 3.92. The van der Waals surface area contributed by atoms with Gasteiger partial charge in [-0.3, -0.25) is 10.0 Å². The maximum Gasteiger partial charge on any atom is 0.288 e. The van der Waals surface area contributed by atoms with Crippen molar-refractivity contribution in [1.82, 2.24) is 4.98 Å². The first kappa shape index (κ1) is 17.0. The molecule has 4 aromatic rings. The summed E-state index contributed by atoms with van der Waals surface area (Å²) in [6, 6.07) is 15.5. The van der Waals surface area contributed by atoms with E-state index in [0.717, 1.165) is 21.4 Å². The summed E-state index contributed by atoms with van der Waals surface area (Å²) < 4.78 is 15.6. The smallest absolute Gasteiger partial charge is 0.288 e. The lowest BCUT2D eigenvalue weighted by Crippen LogP contribution is -2.33. The number of nitrogens with zero attached hydrogens (tertiary/aromatic N) is 1. The van der Waals surface area contributed by atoms with E-state index in [1.807, 2.05) is 44.2 Å². The number of hydrogen-bond acceptors (Lipinski definition) is 2. The van der Waals surface area contributed by atoms with E-state index in [0.29, 0.717) is 27.7 Å². The van der Waals surface area contributed by atoms with E-state index in [2.05, 4.69) is 4.98 Å². The van der Waals surface area contributed by atoms with Crippen molar-refractivity contribution in [3.05, 3.63) is 88.1 Å². The Morgan fingerprint density at radius 3 is 2.48 bits per heavy atom. The molecule has 2 N–H and O–H groups in total. The number of aryl methyl sites for hydroxylation is 2. The lowest BCUT2D eigenvalue weighted by molar-refractivity contribution is -0.895. The van der Waals surface area contributed by atoms with Gasteiger partial charge >= 0.3 is 0 Å². The average Bonchev–Trinajstić information content (AvgIpc) is 2.62. The van der Waals surface area contributed by atoms with E-state index >= 15 is 0 Å². The predicted octanol–water partition coefficient (Wildman–Crippen LogP) is 4.14. The van der Waals surface area contributed by atoms with Crippen molar-refractivity contribution < 1.29 is 14.3 Å². The molecule has 4 rings (SSSR count). The average molecular weight is 361 g/mol. The summed E-state index contributed by atoms with van der Waals surface area (Å²) >= 11 is 0. The Morgan fingerprint density at radius 1 is 0.963 bits per heavy atom. The molecule has 0 spiro atoms. The summed E-state index contributed by atoms with van der Waals surface area (Å²) in [6.07, 6.45) is 1.50. The summed E-state index contributed by atoms with van der Waals surface area (Å²) in [5.74, 6) is -0.389. The number of fused-ring (bicyclic) bond motifs is 1. The highest BCUT2D eigenvalue weighted by Crippen LogP contribution is 2.32. The summed E-state index contributed by atoms with van der Waals surface area (Å²) in [4.78, 5) is 15.2. The van der Waals surface area contributed by atoms with Crippen LogP contribution in [0.3, 0.4) is 0 Å². The maximum atomic E-state index is 14.6. The number of aromatic amines is 1. The van der Waals surface area contributed by atoms with Crippen LogP contribution in [-0.4, -0.2) is 10.2 Å². The molecule has 2 aromatic heterocycles. The quantitative estimate of drug-likeness (QED) is 0.416. The molecule has 0 saturated heterocycles. The van der Waals surface area contributed by atoms with Crippen LogP contribution < -0.4 is 10.3 Å².